The molecule has 1 atom stereocenters. The van der Waals surface area contributed by atoms with Crippen LogP contribution in [0.2, 0.25) is 0 Å². The number of amides is 1. The Hall–Kier alpha value is -2.62. The van der Waals surface area contributed by atoms with Crippen LogP contribution in [0.1, 0.15) is 53.4 Å². The molecule has 1 amide bonds. The Morgan fingerprint density at radius 1 is 1.00 bits per heavy atom. The summed E-state index contributed by atoms with van der Waals surface area (Å²) in [6.45, 7) is 9.61. The predicted octanol–water partition coefficient (Wildman–Crippen LogP) is 4.61. The molecule has 2 aromatic rings. The van der Waals surface area contributed by atoms with Crippen molar-refractivity contribution in [1.29, 1.82) is 0 Å². The van der Waals surface area contributed by atoms with Crippen LogP contribution < -0.4 is 5.32 Å². The minimum absolute atomic E-state index is 0.321. The number of hydrogen-bond acceptors (Lipinski definition) is 3. The lowest BCUT2D eigenvalue weighted by Crippen LogP contribution is -2.30. The summed E-state index contributed by atoms with van der Waals surface area (Å²) in [6, 6.07) is 11.4. The van der Waals surface area contributed by atoms with Crippen LogP contribution in [0.3, 0.4) is 0 Å². The number of hydrogen-bond donors (Lipinski definition) is 1. The van der Waals surface area contributed by atoms with Crippen LogP contribution in [-0.4, -0.2) is 18.0 Å². The molecule has 4 nitrogen and oxygen atoms in total. The highest BCUT2D eigenvalue weighted by Gasteiger charge is 2.21. The zero-order valence-corrected chi connectivity index (χ0v) is 16.2. The van der Waals surface area contributed by atoms with Gasteiger partial charge in [-0.1, -0.05) is 38.1 Å². The minimum atomic E-state index is -0.876. The number of carbonyl (C=O) groups excluding carboxylic acids is 2. The lowest BCUT2D eigenvalue weighted by molar-refractivity contribution is -0.123. The third-order valence-corrected chi connectivity index (χ3v) is 4.64. The lowest BCUT2D eigenvalue weighted by Gasteiger charge is -2.18. The van der Waals surface area contributed by atoms with Crippen LogP contribution in [0, 0.1) is 13.8 Å². The third-order valence-electron chi connectivity index (χ3n) is 4.64. The van der Waals surface area contributed by atoms with Gasteiger partial charge < -0.3 is 10.1 Å². The van der Waals surface area contributed by atoms with Gasteiger partial charge in [0.15, 0.2) is 6.10 Å². The number of carbonyl (C=O) groups is 2. The molecule has 0 spiro atoms. The molecular formula is C22H27NO3. The highest BCUT2D eigenvalue weighted by atomic mass is 16.5. The molecule has 0 aromatic heterocycles. The SMILES string of the molecule is CCc1cccc(CC)c1NC(=O)[C@@H](C)OC(=O)c1ccc(C)c(C)c1. The fourth-order valence-corrected chi connectivity index (χ4v) is 2.78. The number of rotatable bonds is 6. The van der Waals surface area contributed by atoms with E-state index in [1.807, 2.05) is 52.0 Å². The van der Waals surface area contributed by atoms with E-state index < -0.39 is 12.1 Å². The summed E-state index contributed by atoms with van der Waals surface area (Å²) in [5.41, 5.74) is 5.56. The maximum Gasteiger partial charge on any atom is 0.338 e. The summed E-state index contributed by atoms with van der Waals surface area (Å²) in [6.07, 6.45) is 0.763. The summed E-state index contributed by atoms with van der Waals surface area (Å²) in [5, 5.41) is 2.94. The molecule has 0 saturated carbocycles. The maximum atomic E-state index is 12.5. The summed E-state index contributed by atoms with van der Waals surface area (Å²) in [7, 11) is 0. The highest BCUT2D eigenvalue weighted by molar-refractivity contribution is 5.98. The van der Waals surface area contributed by atoms with E-state index in [4.69, 9.17) is 4.74 Å². The Labute approximate surface area is 155 Å². The van der Waals surface area contributed by atoms with Crippen LogP contribution in [0.25, 0.3) is 0 Å². The molecule has 0 heterocycles. The summed E-state index contributed by atoms with van der Waals surface area (Å²) < 4.78 is 5.36. The van der Waals surface area contributed by atoms with Crippen molar-refractivity contribution >= 4 is 17.6 Å². The van der Waals surface area contributed by atoms with Gasteiger partial charge in [0.25, 0.3) is 5.91 Å². The average molecular weight is 353 g/mol. The predicted molar refractivity (Wildman–Crippen MR) is 105 cm³/mol. The molecule has 0 radical (unpaired) electrons. The monoisotopic (exact) mass is 353 g/mol. The average Bonchev–Trinajstić information content (AvgIpc) is 2.63. The molecule has 2 rings (SSSR count). The van der Waals surface area contributed by atoms with Gasteiger partial charge in [-0.15, -0.1) is 0 Å². The Balaban J connectivity index is 2.10. The first kappa shape index (κ1) is 19.7. The largest absolute Gasteiger partial charge is 0.449 e. The van der Waals surface area contributed by atoms with Crippen molar-refractivity contribution in [3.8, 4) is 0 Å². The van der Waals surface area contributed by atoms with Crippen molar-refractivity contribution in [2.45, 2.75) is 53.6 Å². The first-order valence-electron chi connectivity index (χ1n) is 9.07. The summed E-state index contributed by atoms with van der Waals surface area (Å²) in [5.74, 6) is -0.812. The molecule has 26 heavy (non-hydrogen) atoms. The second-order valence-electron chi connectivity index (χ2n) is 6.49. The number of nitrogens with one attached hydrogen (secondary N) is 1. The Kier molecular flexibility index (Phi) is 6.56. The van der Waals surface area contributed by atoms with Crippen LogP contribution in [0.5, 0.6) is 0 Å². The number of para-hydroxylation sites is 1. The fourth-order valence-electron chi connectivity index (χ4n) is 2.78. The van der Waals surface area contributed by atoms with Gasteiger partial charge in [-0.05, 0) is 68.0 Å². The summed E-state index contributed by atoms with van der Waals surface area (Å²) in [4.78, 5) is 24.9. The number of anilines is 1. The van der Waals surface area contributed by atoms with Gasteiger partial charge in [-0.3, -0.25) is 4.79 Å². The van der Waals surface area contributed by atoms with Crippen LogP contribution in [0.15, 0.2) is 36.4 Å². The van der Waals surface area contributed by atoms with Crippen molar-refractivity contribution in [2.24, 2.45) is 0 Å². The Morgan fingerprint density at radius 2 is 1.62 bits per heavy atom. The van der Waals surface area contributed by atoms with Crippen molar-refractivity contribution in [1.82, 2.24) is 0 Å². The minimum Gasteiger partial charge on any atom is -0.449 e. The van der Waals surface area contributed by atoms with Crippen LogP contribution >= 0.6 is 0 Å². The van der Waals surface area contributed by atoms with Gasteiger partial charge in [0.1, 0.15) is 0 Å². The fraction of sp³-hybridized carbons (Fsp3) is 0.364. The highest BCUT2D eigenvalue weighted by Crippen LogP contribution is 2.23. The Morgan fingerprint density at radius 3 is 2.15 bits per heavy atom. The zero-order valence-electron chi connectivity index (χ0n) is 16.2. The van der Waals surface area contributed by atoms with E-state index in [2.05, 4.69) is 5.32 Å². The smallest absolute Gasteiger partial charge is 0.338 e. The van der Waals surface area contributed by atoms with Crippen molar-refractivity contribution in [2.75, 3.05) is 5.32 Å². The van der Waals surface area contributed by atoms with Gasteiger partial charge >= 0.3 is 5.97 Å². The van der Waals surface area contributed by atoms with E-state index in [9.17, 15) is 9.59 Å². The van der Waals surface area contributed by atoms with E-state index in [1.165, 1.54) is 0 Å². The molecule has 0 aliphatic heterocycles. The number of aryl methyl sites for hydroxylation is 4. The second kappa shape index (κ2) is 8.65. The summed E-state index contributed by atoms with van der Waals surface area (Å²) >= 11 is 0. The van der Waals surface area contributed by atoms with Crippen molar-refractivity contribution in [3.63, 3.8) is 0 Å². The van der Waals surface area contributed by atoms with E-state index in [1.54, 1.807) is 19.1 Å². The molecular weight excluding hydrogens is 326 g/mol. The van der Waals surface area contributed by atoms with Crippen molar-refractivity contribution in [3.05, 3.63) is 64.2 Å². The van der Waals surface area contributed by atoms with Gasteiger partial charge in [0.05, 0.1) is 5.56 Å². The first-order valence-corrected chi connectivity index (χ1v) is 9.07. The van der Waals surface area contributed by atoms with Crippen LogP contribution in [0.4, 0.5) is 5.69 Å². The van der Waals surface area contributed by atoms with E-state index >= 15 is 0 Å². The van der Waals surface area contributed by atoms with E-state index in [0.29, 0.717) is 5.56 Å². The quantitative estimate of drug-likeness (QED) is 0.772. The van der Waals surface area contributed by atoms with Gasteiger partial charge in [0, 0.05) is 5.69 Å². The topological polar surface area (TPSA) is 55.4 Å². The lowest BCUT2D eigenvalue weighted by atomic mass is 10.0. The molecule has 0 unspecified atom stereocenters. The number of ether oxygens (including phenoxy) is 1. The molecule has 2 aromatic carbocycles. The third kappa shape index (κ3) is 4.51. The molecule has 0 aliphatic carbocycles. The first-order chi connectivity index (χ1) is 12.4. The molecule has 0 aliphatic rings. The van der Waals surface area contributed by atoms with E-state index in [-0.39, 0.29) is 5.91 Å². The zero-order chi connectivity index (χ0) is 19.3. The Bertz CT molecular complexity index is 789. The van der Waals surface area contributed by atoms with Crippen molar-refractivity contribution < 1.29 is 14.3 Å². The van der Waals surface area contributed by atoms with Gasteiger partial charge in [-0.25, -0.2) is 4.79 Å². The normalized spacial score (nSPS) is 11.7. The standard InChI is InChI=1S/C22H27NO3/c1-6-17-9-8-10-18(7-2)20(17)23-21(24)16(5)26-22(25)19-12-11-14(3)15(4)13-19/h8-13,16H,6-7H2,1-5H3,(H,23,24)/t16-/m1/s1. The molecule has 1 N–H and O–H groups in total. The molecule has 4 heteroatoms. The molecule has 0 saturated heterocycles. The number of benzene rings is 2. The molecule has 0 fully saturated rings. The molecule has 0 bridgehead atoms. The number of esters is 1. The van der Waals surface area contributed by atoms with Crippen LogP contribution in [-0.2, 0) is 22.4 Å². The maximum absolute atomic E-state index is 12.5. The van der Waals surface area contributed by atoms with Gasteiger partial charge in [-0.2, -0.15) is 0 Å². The van der Waals surface area contributed by atoms with E-state index in [0.717, 1.165) is 40.8 Å². The van der Waals surface area contributed by atoms with Gasteiger partial charge in [0.2, 0.25) is 0 Å². The second-order valence-corrected chi connectivity index (χ2v) is 6.49. The molecule has 138 valence electrons.